The Labute approximate surface area is 182 Å². The van der Waals surface area contributed by atoms with Crippen molar-refractivity contribution in [3.63, 3.8) is 0 Å². The van der Waals surface area contributed by atoms with Gasteiger partial charge in [-0.25, -0.2) is 14.7 Å². The van der Waals surface area contributed by atoms with Gasteiger partial charge in [-0.1, -0.05) is 44.2 Å². The molecule has 174 valence electrons. The van der Waals surface area contributed by atoms with Gasteiger partial charge in [-0.2, -0.15) is 0 Å². The monoisotopic (exact) mass is 460 g/mol. The molecule has 0 saturated carbocycles. The van der Waals surface area contributed by atoms with Crippen LogP contribution in [0.2, 0.25) is 0 Å². The molecule has 0 spiro atoms. The van der Waals surface area contributed by atoms with Crippen LogP contribution in [0.1, 0.15) is 32.8 Å². The van der Waals surface area contributed by atoms with E-state index in [0.29, 0.717) is 6.42 Å². The molecular weight excluding hydrogens is 428 g/mol. The Bertz CT molecular complexity index is 773. The maximum atomic E-state index is 13.1. The van der Waals surface area contributed by atoms with Gasteiger partial charge in [0.1, 0.15) is 18.9 Å². The number of nitrogens with one attached hydrogen (secondary N) is 3. The molecule has 0 aliphatic carbocycles. The first-order chi connectivity index (χ1) is 14.6. The number of ether oxygens (including phenoxy) is 2. The van der Waals surface area contributed by atoms with E-state index in [4.69, 9.17) is 9.26 Å². The summed E-state index contributed by atoms with van der Waals surface area (Å²) in [5, 5.41) is 7.62. The Morgan fingerprint density at radius 3 is 2.26 bits per heavy atom. The highest BCUT2D eigenvalue weighted by Gasteiger charge is 2.32. The van der Waals surface area contributed by atoms with Crippen molar-refractivity contribution in [2.45, 2.75) is 45.9 Å². The first-order valence-electron chi connectivity index (χ1n) is 9.85. The number of rotatable bonds is 12. The summed E-state index contributed by atoms with van der Waals surface area (Å²) in [6.45, 7) is 5.32. The van der Waals surface area contributed by atoms with Gasteiger partial charge in [0.2, 0.25) is 5.91 Å². The Balaban J connectivity index is 2.70. The van der Waals surface area contributed by atoms with Crippen LogP contribution in [0.25, 0.3) is 0 Å². The fourth-order valence-corrected chi connectivity index (χ4v) is 3.94. The second kappa shape index (κ2) is 13.1. The van der Waals surface area contributed by atoms with Gasteiger partial charge in [0.05, 0.1) is 13.2 Å². The molecule has 0 aliphatic rings. The normalized spacial score (nSPS) is 14.8. The van der Waals surface area contributed by atoms with Crippen molar-refractivity contribution in [3.8, 4) is 0 Å². The third-order valence-electron chi connectivity index (χ3n) is 4.23. The molecule has 0 aromatic heterocycles. The third-order valence-corrected chi connectivity index (χ3v) is 6.10. The number of methoxy groups -OCH3 is 1. The van der Waals surface area contributed by atoms with Crippen LogP contribution in [-0.2, 0) is 34.8 Å². The van der Waals surface area contributed by atoms with Gasteiger partial charge in [0.15, 0.2) is 0 Å². The fourth-order valence-electron chi connectivity index (χ4n) is 2.58. The Hall–Kier alpha value is -2.42. The van der Waals surface area contributed by atoms with Gasteiger partial charge >= 0.3 is 12.1 Å². The molecule has 3 N–H and O–H groups in total. The summed E-state index contributed by atoms with van der Waals surface area (Å²) in [6, 6.07) is 7.31. The summed E-state index contributed by atoms with van der Waals surface area (Å²) in [7, 11) is -1.20. The second-order valence-corrected chi connectivity index (χ2v) is 9.60. The molecule has 0 saturated heterocycles. The molecule has 0 aliphatic heterocycles. The molecular formula is C20H32N3O7P. The molecule has 31 heavy (non-hydrogen) atoms. The van der Waals surface area contributed by atoms with E-state index in [9.17, 15) is 18.9 Å². The van der Waals surface area contributed by atoms with E-state index in [0.717, 1.165) is 5.56 Å². The molecule has 1 aromatic carbocycles. The van der Waals surface area contributed by atoms with Crippen LogP contribution in [0, 0.1) is 5.92 Å². The van der Waals surface area contributed by atoms with Crippen LogP contribution < -0.4 is 15.7 Å². The van der Waals surface area contributed by atoms with E-state index >= 15 is 0 Å². The van der Waals surface area contributed by atoms with Crippen LogP contribution in [0.4, 0.5) is 4.79 Å². The van der Waals surface area contributed by atoms with E-state index in [2.05, 4.69) is 20.5 Å². The smallest absolute Gasteiger partial charge is 0.407 e. The zero-order valence-electron chi connectivity index (χ0n) is 18.5. The van der Waals surface area contributed by atoms with Gasteiger partial charge in [-0.05, 0) is 24.8 Å². The zero-order chi connectivity index (χ0) is 23.4. The quantitative estimate of drug-likeness (QED) is 0.188. The molecule has 1 unspecified atom stereocenters. The molecule has 0 heterocycles. The highest BCUT2D eigenvalue weighted by Crippen LogP contribution is 2.41. The molecule has 1 aromatic rings. The minimum absolute atomic E-state index is 0.0567. The highest BCUT2D eigenvalue weighted by atomic mass is 31.2. The Kier molecular flexibility index (Phi) is 11.2. The molecule has 3 atom stereocenters. The number of amides is 2. The van der Waals surface area contributed by atoms with Crippen LogP contribution in [0.15, 0.2) is 30.3 Å². The van der Waals surface area contributed by atoms with E-state index in [1.54, 1.807) is 12.1 Å². The summed E-state index contributed by atoms with van der Waals surface area (Å²) in [4.78, 5) is 36.2. The Morgan fingerprint density at radius 2 is 1.71 bits per heavy atom. The highest BCUT2D eigenvalue weighted by molar-refractivity contribution is 7.56. The Morgan fingerprint density at radius 1 is 1.06 bits per heavy atom. The van der Waals surface area contributed by atoms with Crippen molar-refractivity contribution in [3.05, 3.63) is 35.9 Å². The van der Waals surface area contributed by atoms with E-state index in [1.807, 2.05) is 32.0 Å². The zero-order valence-corrected chi connectivity index (χ0v) is 19.4. The van der Waals surface area contributed by atoms with Crippen molar-refractivity contribution in [2.75, 3.05) is 20.5 Å². The number of carbonyl (C=O) groups is 3. The van der Waals surface area contributed by atoms with Crippen molar-refractivity contribution < 1.29 is 32.9 Å². The average molecular weight is 460 g/mol. The van der Waals surface area contributed by atoms with Gasteiger partial charge in [0.25, 0.3) is 7.52 Å². The number of alkyl carbamates (subject to hydrolysis) is 1. The van der Waals surface area contributed by atoms with Crippen LogP contribution in [0.3, 0.4) is 0 Å². The molecule has 11 heteroatoms. The summed E-state index contributed by atoms with van der Waals surface area (Å²) in [5.74, 6) is -1.06. The van der Waals surface area contributed by atoms with E-state index in [-0.39, 0.29) is 18.8 Å². The molecule has 2 amide bonds. The lowest BCUT2D eigenvalue weighted by atomic mass is 10.1. The lowest BCUT2D eigenvalue weighted by Gasteiger charge is -2.26. The van der Waals surface area contributed by atoms with Crippen molar-refractivity contribution >= 4 is 25.5 Å². The number of esters is 1. The van der Waals surface area contributed by atoms with Crippen molar-refractivity contribution in [1.29, 1.82) is 0 Å². The van der Waals surface area contributed by atoms with Gasteiger partial charge in [-0.15, -0.1) is 0 Å². The minimum Gasteiger partial charge on any atom is -0.467 e. The van der Waals surface area contributed by atoms with E-state index in [1.165, 1.54) is 21.1 Å². The van der Waals surface area contributed by atoms with Crippen molar-refractivity contribution in [2.24, 2.45) is 5.92 Å². The lowest BCUT2D eigenvalue weighted by Crippen LogP contribution is -2.49. The third kappa shape index (κ3) is 9.95. The van der Waals surface area contributed by atoms with Gasteiger partial charge < -0.3 is 24.6 Å². The van der Waals surface area contributed by atoms with Crippen LogP contribution in [0.5, 0.6) is 0 Å². The minimum atomic E-state index is -3.63. The van der Waals surface area contributed by atoms with E-state index < -0.39 is 37.6 Å². The molecule has 0 fully saturated rings. The van der Waals surface area contributed by atoms with Gasteiger partial charge in [0, 0.05) is 7.11 Å². The molecule has 1 rings (SSSR count). The van der Waals surface area contributed by atoms with Crippen LogP contribution in [-0.4, -0.2) is 50.6 Å². The van der Waals surface area contributed by atoms with Crippen molar-refractivity contribution in [1.82, 2.24) is 15.7 Å². The number of carbonyl (C=O) groups excluding carboxylic acids is 3. The molecule has 10 nitrogen and oxygen atoms in total. The number of hydrogen-bond donors (Lipinski definition) is 3. The fraction of sp³-hybridized carbons (Fsp3) is 0.550. The largest absolute Gasteiger partial charge is 0.467 e. The number of benzene rings is 1. The summed E-state index contributed by atoms with van der Waals surface area (Å²) in [5.41, 5.74) is 0.805. The summed E-state index contributed by atoms with van der Waals surface area (Å²) < 4.78 is 27.8. The lowest BCUT2D eigenvalue weighted by molar-refractivity contribution is -0.144. The average Bonchev–Trinajstić information content (AvgIpc) is 2.75. The predicted octanol–water partition coefficient (Wildman–Crippen LogP) is 2.39. The van der Waals surface area contributed by atoms with Gasteiger partial charge in [-0.3, -0.25) is 9.36 Å². The first kappa shape index (κ1) is 26.6. The predicted molar refractivity (Wildman–Crippen MR) is 115 cm³/mol. The summed E-state index contributed by atoms with van der Waals surface area (Å²) in [6.07, 6.45) is -0.830. The van der Waals surface area contributed by atoms with Crippen LogP contribution >= 0.6 is 7.52 Å². The molecule has 0 bridgehead atoms. The number of hydrogen-bond acceptors (Lipinski definition) is 7. The standard InChI is InChI=1S/C20H32N3O7P/c1-14(2)11-17(18(24)22-15(3)19(25)28-4)23-31(27,29-5)13-21-20(26)30-12-16-9-7-6-8-10-16/h6-10,14-15,17H,11-13H2,1-5H3,(H,21,26)(H,22,24)(H,23,27)/t15-,17-,31?/m0/s1/i15+1,18+1,22+1. The second-order valence-electron chi connectivity index (χ2n) is 7.32. The molecule has 0 radical (unpaired) electrons. The topological polar surface area (TPSA) is 132 Å². The first-order valence-corrected chi connectivity index (χ1v) is 11.7. The maximum Gasteiger partial charge on any atom is 0.407 e. The maximum absolute atomic E-state index is 13.1. The SMILES string of the molecule is COC(=O)[13C@H](C)[15NH][13C](=O)[C@H](CC(C)C)NP(=O)(CNC(=O)OCc1ccccc1)OC. The summed E-state index contributed by atoms with van der Waals surface area (Å²) >= 11 is 0.